The van der Waals surface area contributed by atoms with Gasteiger partial charge in [-0.15, -0.1) is 0 Å². The number of ether oxygens (including phenoxy) is 2. The van der Waals surface area contributed by atoms with Crippen molar-refractivity contribution in [1.82, 2.24) is 19.9 Å². The third kappa shape index (κ3) is 6.54. The fourth-order valence-corrected chi connectivity index (χ4v) is 4.30. The Morgan fingerprint density at radius 2 is 2.11 bits per heavy atom. The molecule has 0 spiro atoms. The molecule has 0 bridgehead atoms. The van der Waals surface area contributed by atoms with Crippen LogP contribution in [-0.2, 0) is 9.53 Å². The Labute approximate surface area is 221 Å². The van der Waals surface area contributed by atoms with Crippen LogP contribution < -0.4 is 10.2 Å². The summed E-state index contributed by atoms with van der Waals surface area (Å²) >= 11 is 6.00. The highest BCUT2D eigenvalue weighted by Gasteiger charge is 2.56. The van der Waals surface area contributed by atoms with Crippen molar-refractivity contribution in [3.05, 3.63) is 71.9 Å². The first-order valence-electron chi connectivity index (χ1n) is 12.1. The molecule has 196 valence electrons. The molecule has 37 heavy (non-hydrogen) atoms. The molecule has 2 aromatic carbocycles. The first-order chi connectivity index (χ1) is 17.8. The van der Waals surface area contributed by atoms with Gasteiger partial charge in [0.05, 0.1) is 22.8 Å². The smallest absolute Gasteiger partial charge is 0.265 e. The van der Waals surface area contributed by atoms with Crippen molar-refractivity contribution in [3.63, 3.8) is 0 Å². The monoisotopic (exact) mass is 527 g/mol. The van der Waals surface area contributed by atoms with Crippen molar-refractivity contribution in [3.8, 4) is 5.75 Å². The number of fused-ring (bicyclic) bond motifs is 1. The number of carbonyl (C=O) groups excluding carboxylic acids is 1. The van der Waals surface area contributed by atoms with Crippen molar-refractivity contribution < 1.29 is 18.7 Å². The molecule has 3 aromatic rings. The number of likely N-dealkylation sites (N-methyl/N-ethyl adjacent to an activating group) is 1. The maximum atomic E-state index is 13.8. The van der Waals surface area contributed by atoms with E-state index in [0.29, 0.717) is 24.6 Å². The molecule has 0 aliphatic heterocycles. The van der Waals surface area contributed by atoms with Crippen molar-refractivity contribution >= 4 is 34.1 Å². The van der Waals surface area contributed by atoms with Crippen LogP contribution in [-0.4, -0.2) is 71.3 Å². The number of rotatable bonds is 12. The van der Waals surface area contributed by atoms with E-state index in [1.165, 1.54) is 18.5 Å². The van der Waals surface area contributed by atoms with Gasteiger partial charge in [-0.3, -0.25) is 10.2 Å². The fourth-order valence-electron chi connectivity index (χ4n) is 4.12. The van der Waals surface area contributed by atoms with Crippen molar-refractivity contribution in [2.24, 2.45) is 0 Å². The molecule has 1 heterocycles. The Bertz CT molecular complexity index is 1270. The Hall–Kier alpha value is -3.27. The van der Waals surface area contributed by atoms with Gasteiger partial charge in [0, 0.05) is 37.9 Å². The fraction of sp³-hybridized carbons (Fsp3) is 0.370. The summed E-state index contributed by atoms with van der Waals surface area (Å²) in [7, 11) is 3.61. The highest BCUT2D eigenvalue weighted by molar-refractivity contribution is 6.31. The van der Waals surface area contributed by atoms with E-state index >= 15 is 0 Å². The number of hydrogen-bond acceptors (Lipinski definition) is 7. The van der Waals surface area contributed by atoms with Crippen LogP contribution >= 0.6 is 11.6 Å². The van der Waals surface area contributed by atoms with E-state index in [4.69, 9.17) is 21.1 Å². The summed E-state index contributed by atoms with van der Waals surface area (Å²) in [5.41, 5.74) is 3.89. The van der Waals surface area contributed by atoms with E-state index in [2.05, 4.69) is 15.4 Å². The summed E-state index contributed by atoms with van der Waals surface area (Å²) in [6.07, 6.45) is 7.72. The van der Waals surface area contributed by atoms with Gasteiger partial charge in [0.25, 0.3) is 5.91 Å². The molecule has 1 aliphatic rings. The van der Waals surface area contributed by atoms with Crippen LogP contribution in [0.15, 0.2) is 61.1 Å². The maximum Gasteiger partial charge on any atom is 0.265 e. The molecule has 10 heteroatoms. The quantitative estimate of drug-likeness (QED) is 0.270. The summed E-state index contributed by atoms with van der Waals surface area (Å²) in [5.74, 6) is -0.101. The van der Waals surface area contributed by atoms with Crippen molar-refractivity contribution in [2.45, 2.75) is 31.4 Å². The molecule has 1 saturated carbocycles. The molecule has 1 atom stereocenters. The number of halogens is 2. The van der Waals surface area contributed by atoms with Crippen LogP contribution in [0.1, 0.15) is 19.8 Å². The van der Waals surface area contributed by atoms with Gasteiger partial charge in [-0.1, -0.05) is 17.7 Å². The first kappa shape index (κ1) is 26.8. The van der Waals surface area contributed by atoms with Gasteiger partial charge < -0.3 is 14.4 Å². The van der Waals surface area contributed by atoms with Crippen LogP contribution in [0.4, 0.5) is 10.1 Å². The number of carbonyl (C=O) groups is 1. The standard InChI is InChI=1S/C27H31ClFN5O3/c1-19(37-22-7-9-25-20(15-22)17-30-18-31-25)27(10-11-27)34(32-21-6-8-24(29)23(28)16-21)26(35)5-4-12-33(2)13-14-36-3/h4-9,15-19,32H,10-14H2,1-3H3/b5-4-. The summed E-state index contributed by atoms with van der Waals surface area (Å²) in [4.78, 5) is 23.8. The van der Waals surface area contributed by atoms with Crippen LogP contribution in [0.5, 0.6) is 5.75 Å². The van der Waals surface area contributed by atoms with Crippen LogP contribution in [0, 0.1) is 5.82 Å². The molecular formula is C27H31ClFN5O3. The number of hydrazine groups is 1. The lowest BCUT2D eigenvalue weighted by Gasteiger charge is -2.36. The predicted molar refractivity (Wildman–Crippen MR) is 142 cm³/mol. The zero-order valence-corrected chi connectivity index (χ0v) is 21.9. The summed E-state index contributed by atoms with van der Waals surface area (Å²) in [5, 5.41) is 2.42. The van der Waals surface area contributed by atoms with Gasteiger partial charge in [-0.05, 0) is 63.2 Å². The van der Waals surface area contributed by atoms with Crippen LogP contribution in [0.25, 0.3) is 10.9 Å². The Kier molecular flexibility index (Phi) is 8.58. The van der Waals surface area contributed by atoms with Gasteiger partial charge in [0.1, 0.15) is 29.5 Å². The van der Waals surface area contributed by atoms with Crippen LogP contribution in [0.2, 0.25) is 5.02 Å². The molecule has 8 nitrogen and oxygen atoms in total. The number of anilines is 1. The third-order valence-corrected chi connectivity index (χ3v) is 6.78. The van der Waals surface area contributed by atoms with E-state index in [1.54, 1.807) is 30.5 Å². The summed E-state index contributed by atoms with van der Waals surface area (Å²) in [6.45, 7) is 3.89. The minimum absolute atomic E-state index is 0.0276. The molecule has 0 radical (unpaired) electrons. The molecule has 1 fully saturated rings. The van der Waals surface area contributed by atoms with E-state index in [0.717, 1.165) is 30.3 Å². The lowest BCUT2D eigenvalue weighted by atomic mass is 10.1. The van der Waals surface area contributed by atoms with E-state index in [9.17, 15) is 9.18 Å². The second kappa shape index (κ2) is 11.9. The van der Waals surface area contributed by atoms with E-state index < -0.39 is 11.4 Å². The summed E-state index contributed by atoms with van der Waals surface area (Å²) < 4.78 is 25.2. The van der Waals surface area contributed by atoms with Gasteiger partial charge in [0.2, 0.25) is 0 Å². The normalized spacial score (nSPS) is 15.2. The molecule has 1 amide bonds. The Balaban J connectivity index is 1.54. The van der Waals surface area contributed by atoms with Crippen molar-refractivity contribution in [2.75, 3.05) is 39.3 Å². The van der Waals surface area contributed by atoms with Gasteiger partial charge in [-0.25, -0.2) is 19.4 Å². The molecule has 1 N–H and O–H groups in total. The summed E-state index contributed by atoms with van der Waals surface area (Å²) in [6, 6.07) is 9.90. The second-order valence-electron chi connectivity index (χ2n) is 9.18. The van der Waals surface area contributed by atoms with Crippen molar-refractivity contribution in [1.29, 1.82) is 0 Å². The number of hydrogen-bond donors (Lipinski definition) is 1. The maximum absolute atomic E-state index is 13.8. The Morgan fingerprint density at radius 3 is 2.84 bits per heavy atom. The molecule has 4 rings (SSSR count). The van der Waals surface area contributed by atoms with Crippen LogP contribution in [0.3, 0.4) is 0 Å². The lowest BCUT2D eigenvalue weighted by molar-refractivity contribution is -0.129. The minimum Gasteiger partial charge on any atom is -0.488 e. The van der Waals surface area contributed by atoms with Gasteiger partial charge in [0.15, 0.2) is 0 Å². The highest BCUT2D eigenvalue weighted by Crippen LogP contribution is 2.46. The van der Waals surface area contributed by atoms with Gasteiger partial charge in [-0.2, -0.15) is 0 Å². The molecule has 1 unspecified atom stereocenters. The van der Waals surface area contributed by atoms with Gasteiger partial charge >= 0.3 is 0 Å². The number of benzene rings is 2. The zero-order chi connectivity index (χ0) is 26.4. The SMILES string of the molecule is COCCN(C)C/C=C\C(=O)N(Nc1ccc(F)c(Cl)c1)C1(C(C)Oc2ccc3ncncc3c2)CC1. The topological polar surface area (TPSA) is 79.8 Å². The number of nitrogens with zero attached hydrogens (tertiary/aromatic N) is 4. The molecule has 1 aromatic heterocycles. The van der Waals surface area contributed by atoms with E-state index in [1.807, 2.05) is 43.1 Å². The lowest BCUT2D eigenvalue weighted by Crippen LogP contribution is -2.52. The number of amides is 1. The number of methoxy groups -OCH3 is 1. The number of aromatic nitrogens is 2. The van der Waals surface area contributed by atoms with E-state index in [-0.39, 0.29) is 17.0 Å². The Morgan fingerprint density at radius 1 is 1.30 bits per heavy atom. The number of nitrogens with one attached hydrogen (secondary N) is 1. The largest absolute Gasteiger partial charge is 0.488 e. The highest BCUT2D eigenvalue weighted by atomic mass is 35.5. The molecule has 1 aliphatic carbocycles. The minimum atomic E-state index is -0.605. The third-order valence-electron chi connectivity index (χ3n) is 6.49. The predicted octanol–water partition coefficient (Wildman–Crippen LogP) is 4.71. The zero-order valence-electron chi connectivity index (χ0n) is 21.2. The average molecular weight is 528 g/mol. The molecule has 0 saturated heterocycles. The first-order valence-corrected chi connectivity index (χ1v) is 12.5. The molecular weight excluding hydrogens is 497 g/mol. The second-order valence-corrected chi connectivity index (χ2v) is 9.59. The average Bonchev–Trinajstić information content (AvgIpc) is 3.70.